The van der Waals surface area contributed by atoms with E-state index in [2.05, 4.69) is 9.56 Å². The Balaban J connectivity index is 1.99. The van der Waals surface area contributed by atoms with Gasteiger partial charge in [-0.1, -0.05) is 42.5 Å². The number of amides is 1. The fraction of sp³-hybridized carbons (Fsp3) is 0.143. The van der Waals surface area contributed by atoms with Crippen LogP contribution in [0, 0.1) is 12.7 Å². The van der Waals surface area contributed by atoms with E-state index in [9.17, 15) is 9.18 Å². The number of carbonyl (C=O) groups is 1. The smallest absolute Gasteiger partial charge is 0.282 e. The third kappa shape index (κ3) is 4.23. The molecule has 6 heteroatoms. The molecule has 5 nitrogen and oxygen atoms in total. The van der Waals surface area contributed by atoms with Gasteiger partial charge in [-0.2, -0.15) is 4.99 Å². The minimum absolute atomic E-state index is 0.258. The quantitative estimate of drug-likeness (QED) is 0.538. The number of carbonyl (C=O) groups excluding carboxylic acids is 1. The van der Waals surface area contributed by atoms with Gasteiger partial charge in [-0.15, -0.1) is 0 Å². The van der Waals surface area contributed by atoms with Crippen LogP contribution in [0.25, 0.3) is 11.3 Å². The van der Waals surface area contributed by atoms with E-state index in [0.29, 0.717) is 18.5 Å². The number of benzene rings is 2. The monoisotopic (exact) mass is 364 g/mol. The maximum Gasteiger partial charge on any atom is 0.282 e. The number of nitrogens with two attached hydrogens (primary N) is 2. The lowest BCUT2D eigenvalue weighted by molar-refractivity contribution is 0.100. The summed E-state index contributed by atoms with van der Waals surface area (Å²) < 4.78 is 15.2. The number of nitrogens with zero attached hydrogens (tertiary/aromatic N) is 2. The van der Waals surface area contributed by atoms with E-state index >= 15 is 0 Å². The molecule has 0 aliphatic heterocycles. The number of hydrogen-bond donors (Lipinski definition) is 2. The molecule has 0 saturated carbocycles. The zero-order chi connectivity index (χ0) is 19.4. The molecule has 0 unspecified atom stereocenters. The molecule has 0 radical (unpaired) electrons. The Hall–Kier alpha value is -3.41. The summed E-state index contributed by atoms with van der Waals surface area (Å²) in [6, 6.07) is 18.0. The molecule has 2 aromatic carbocycles. The van der Waals surface area contributed by atoms with Gasteiger partial charge in [0.1, 0.15) is 5.82 Å². The molecule has 1 amide bonds. The second-order valence-corrected chi connectivity index (χ2v) is 6.26. The van der Waals surface area contributed by atoms with Crippen molar-refractivity contribution in [1.29, 1.82) is 0 Å². The summed E-state index contributed by atoms with van der Waals surface area (Å²) in [5.74, 6) is -0.990. The highest BCUT2D eigenvalue weighted by Gasteiger charge is 2.18. The molecule has 0 saturated heterocycles. The zero-order valence-corrected chi connectivity index (χ0v) is 15.0. The van der Waals surface area contributed by atoms with E-state index < -0.39 is 5.91 Å². The number of rotatable bonds is 5. The molecule has 27 heavy (non-hydrogen) atoms. The highest BCUT2D eigenvalue weighted by molar-refractivity contribution is 6.03. The average molecular weight is 364 g/mol. The third-order valence-corrected chi connectivity index (χ3v) is 4.43. The normalized spacial score (nSPS) is 10.6. The molecule has 0 aliphatic rings. The first-order chi connectivity index (χ1) is 13.0. The van der Waals surface area contributed by atoms with Crippen LogP contribution in [0.4, 0.5) is 4.39 Å². The van der Waals surface area contributed by atoms with Gasteiger partial charge in [0.2, 0.25) is 0 Å². The van der Waals surface area contributed by atoms with Crippen LogP contribution in [0.5, 0.6) is 0 Å². The lowest BCUT2D eigenvalue weighted by atomic mass is 10.1. The van der Waals surface area contributed by atoms with E-state index in [1.807, 2.05) is 43.3 Å². The Labute approximate surface area is 157 Å². The van der Waals surface area contributed by atoms with Crippen LogP contribution in [0.2, 0.25) is 0 Å². The number of aromatic nitrogens is 1. The fourth-order valence-corrected chi connectivity index (χ4v) is 3.07. The van der Waals surface area contributed by atoms with Crippen molar-refractivity contribution in [2.24, 2.45) is 16.5 Å². The Morgan fingerprint density at radius 3 is 2.37 bits per heavy atom. The molecular formula is C21H21FN4O. The van der Waals surface area contributed by atoms with Crippen molar-refractivity contribution in [3.8, 4) is 11.3 Å². The Morgan fingerprint density at radius 1 is 1.07 bits per heavy atom. The molecule has 3 rings (SSSR count). The van der Waals surface area contributed by atoms with Crippen LogP contribution in [-0.2, 0) is 13.0 Å². The Kier molecular flexibility index (Phi) is 5.35. The van der Waals surface area contributed by atoms with Crippen LogP contribution in [0.15, 0.2) is 65.7 Å². The highest BCUT2D eigenvalue weighted by atomic mass is 19.1. The molecule has 0 aliphatic carbocycles. The van der Waals surface area contributed by atoms with Crippen molar-refractivity contribution < 1.29 is 9.18 Å². The van der Waals surface area contributed by atoms with Crippen molar-refractivity contribution in [2.45, 2.75) is 19.9 Å². The van der Waals surface area contributed by atoms with Gasteiger partial charge in [0, 0.05) is 17.9 Å². The van der Waals surface area contributed by atoms with Gasteiger partial charge < -0.3 is 16.0 Å². The van der Waals surface area contributed by atoms with Crippen LogP contribution in [0.3, 0.4) is 0 Å². The molecule has 4 N–H and O–H groups in total. The van der Waals surface area contributed by atoms with Crippen molar-refractivity contribution in [3.05, 3.63) is 83.3 Å². The van der Waals surface area contributed by atoms with Crippen LogP contribution in [0.1, 0.15) is 21.6 Å². The molecule has 0 spiro atoms. The second kappa shape index (κ2) is 7.86. The van der Waals surface area contributed by atoms with E-state index in [1.165, 1.54) is 12.1 Å². The topological polar surface area (TPSA) is 86.4 Å². The van der Waals surface area contributed by atoms with Gasteiger partial charge in [-0.05, 0) is 42.7 Å². The van der Waals surface area contributed by atoms with E-state index in [1.54, 1.807) is 12.1 Å². The van der Waals surface area contributed by atoms with E-state index in [0.717, 1.165) is 22.5 Å². The predicted octanol–water partition coefficient (Wildman–Crippen LogP) is 3.26. The van der Waals surface area contributed by atoms with Crippen molar-refractivity contribution in [1.82, 2.24) is 4.57 Å². The van der Waals surface area contributed by atoms with Gasteiger partial charge in [0.05, 0.1) is 5.56 Å². The van der Waals surface area contributed by atoms with Crippen molar-refractivity contribution in [3.63, 3.8) is 0 Å². The van der Waals surface area contributed by atoms with Gasteiger partial charge in [-0.3, -0.25) is 4.79 Å². The first-order valence-electron chi connectivity index (χ1n) is 8.59. The lowest BCUT2D eigenvalue weighted by Gasteiger charge is -2.12. The van der Waals surface area contributed by atoms with Gasteiger partial charge >= 0.3 is 0 Å². The maximum atomic E-state index is 13.1. The summed E-state index contributed by atoms with van der Waals surface area (Å²) in [6.45, 7) is 2.50. The summed E-state index contributed by atoms with van der Waals surface area (Å²) >= 11 is 0. The number of halogens is 1. The van der Waals surface area contributed by atoms with Gasteiger partial charge in [-0.25, -0.2) is 4.39 Å². The molecule has 0 bridgehead atoms. The molecule has 1 aromatic heterocycles. The summed E-state index contributed by atoms with van der Waals surface area (Å²) in [5, 5.41) is 0. The molecule has 1 heterocycles. The van der Waals surface area contributed by atoms with Crippen LogP contribution >= 0.6 is 0 Å². The van der Waals surface area contributed by atoms with Gasteiger partial charge in [0.25, 0.3) is 5.91 Å². The number of aliphatic imine (C=N–C) groups is 1. The Morgan fingerprint density at radius 2 is 1.74 bits per heavy atom. The predicted molar refractivity (Wildman–Crippen MR) is 105 cm³/mol. The fourth-order valence-electron chi connectivity index (χ4n) is 3.07. The molecule has 0 fully saturated rings. The first kappa shape index (κ1) is 18.4. The maximum absolute atomic E-state index is 13.1. The Bertz CT molecular complexity index is 971. The number of guanidine groups is 1. The summed E-state index contributed by atoms with van der Waals surface area (Å²) in [7, 11) is 0. The third-order valence-electron chi connectivity index (χ3n) is 4.43. The SMILES string of the molecule is Cc1c(C(=O)N=C(N)N)cc(-c2ccccc2)n1CCc1ccc(F)cc1. The summed E-state index contributed by atoms with van der Waals surface area (Å²) in [5.41, 5.74) is 14.9. The minimum Gasteiger partial charge on any atom is -0.370 e. The van der Waals surface area contributed by atoms with E-state index in [4.69, 9.17) is 11.5 Å². The lowest BCUT2D eigenvalue weighted by Crippen LogP contribution is -2.24. The summed E-state index contributed by atoms with van der Waals surface area (Å²) in [6.07, 6.45) is 0.700. The molecular weight excluding hydrogens is 343 g/mol. The standard InChI is InChI=1S/C21H21FN4O/c1-14-18(20(27)25-21(23)24)13-19(16-5-3-2-4-6-16)26(14)12-11-15-7-9-17(22)10-8-15/h2-10,13H,11-12H2,1H3,(H4,23,24,25,27). The van der Waals surface area contributed by atoms with Gasteiger partial charge in [0.15, 0.2) is 5.96 Å². The minimum atomic E-state index is -0.467. The highest BCUT2D eigenvalue weighted by Crippen LogP contribution is 2.27. The number of aryl methyl sites for hydroxylation is 1. The number of hydrogen-bond acceptors (Lipinski definition) is 1. The molecule has 0 atom stereocenters. The first-order valence-corrected chi connectivity index (χ1v) is 8.59. The van der Waals surface area contributed by atoms with E-state index in [-0.39, 0.29) is 11.8 Å². The van der Waals surface area contributed by atoms with Crippen LogP contribution in [-0.4, -0.2) is 16.4 Å². The van der Waals surface area contributed by atoms with Crippen LogP contribution < -0.4 is 11.5 Å². The largest absolute Gasteiger partial charge is 0.370 e. The molecule has 3 aromatic rings. The average Bonchev–Trinajstić information content (AvgIpc) is 2.98. The van der Waals surface area contributed by atoms with Crippen molar-refractivity contribution in [2.75, 3.05) is 0 Å². The molecule has 138 valence electrons. The zero-order valence-electron chi connectivity index (χ0n) is 15.0. The van der Waals surface area contributed by atoms with Crippen molar-refractivity contribution >= 4 is 11.9 Å². The summed E-state index contributed by atoms with van der Waals surface area (Å²) in [4.78, 5) is 16.0. The second-order valence-electron chi connectivity index (χ2n) is 6.26.